The monoisotopic (exact) mass is 266 g/mol. The molecule has 1 aromatic rings. The van der Waals surface area contributed by atoms with Crippen molar-refractivity contribution in [2.45, 2.75) is 31.7 Å². The van der Waals surface area contributed by atoms with Gasteiger partial charge in [-0.1, -0.05) is 0 Å². The van der Waals surface area contributed by atoms with Gasteiger partial charge >= 0.3 is 6.18 Å². The molecular formula is C10H13F3N2OS. The topological polar surface area (TPSA) is 34.1 Å². The summed E-state index contributed by atoms with van der Waals surface area (Å²) in [6.45, 7) is -0.317. The Bertz CT molecular complexity index is 361. The Morgan fingerprint density at radius 2 is 2.35 bits per heavy atom. The van der Waals surface area contributed by atoms with Crippen molar-refractivity contribution in [1.82, 2.24) is 10.3 Å². The van der Waals surface area contributed by atoms with Crippen molar-refractivity contribution in [2.24, 2.45) is 0 Å². The number of hydrogen-bond donors (Lipinski definition) is 1. The van der Waals surface area contributed by atoms with E-state index in [1.165, 1.54) is 11.3 Å². The number of hydrogen-bond acceptors (Lipinski definition) is 4. The molecule has 0 spiro atoms. The van der Waals surface area contributed by atoms with Crippen LogP contribution in [0.4, 0.5) is 13.2 Å². The average molecular weight is 266 g/mol. The Morgan fingerprint density at radius 1 is 1.53 bits per heavy atom. The van der Waals surface area contributed by atoms with Crippen LogP contribution in [0.5, 0.6) is 0 Å². The molecule has 96 valence electrons. The molecule has 0 aromatic carbocycles. The fourth-order valence-electron chi connectivity index (χ4n) is 1.74. The molecule has 7 heteroatoms. The standard InChI is InChI=1S/C10H13F3N2OS/c11-10(12,13)6-16-4-9-15-8(5-17-9)7-2-1-3-14-7/h5,7,14H,1-4,6H2. The highest BCUT2D eigenvalue weighted by Crippen LogP contribution is 2.25. The van der Waals surface area contributed by atoms with Crippen LogP contribution in [0.25, 0.3) is 0 Å². The van der Waals surface area contributed by atoms with Crippen LogP contribution in [0.2, 0.25) is 0 Å². The smallest absolute Gasteiger partial charge is 0.365 e. The minimum absolute atomic E-state index is 0.0725. The molecule has 1 fully saturated rings. The molecule has 0 saturated carbocycles. The van der Waals surface area contributed by atoms with Gasteiger partial charge in [-0.05, 0) is 19.4 Å². The molecule has 3 nitrogen and oxygen atoms in total. The largest absolute Gasteiger partial charge is 0.411 e. The second-order valence-electron chi connectivity index (χ2n) is 3.92. The molecule has 17 heavy (non-hydrogen) atoms. The third-order valence-corrected chi connectivity index (χ3v) is 3.32. The molecule has 1 aliphatic rings. The summed E-state index contributed by atoms with van der Waals surface area (Å²) in [5.74, 6) is 0. The molecule has 1 atom stereocenters. The van der Waals surface area contributed by atoms with E-state index in [0.717, 1.165) is 25.1 Å². The first kappa shape index (κ1) is 12.8. The second kappa shape index (κ2) is 5.32. The molecule has 0 aliphatic carbocycles. The van der Waals surface area contributed by atoms with Gasteiger partial charge in [0.2, 0.25) is 0 Å². The minimum Gasteiger partial charge on any atom is -0.365 e. The zero-order chi connectivity index (χ0) is 12.3. The lowest BCUT2D eigenvalue weighted by atomic mass is 10.2. The number of rotatable bonds is 4. The molecule has 0 radical (unpaired) electrons. The molecule has 2 heterocycles. The van der Waals surface area contributed by atoms with E-state index in [-0.39, 0.29) is 12.6 Å². The van der Waals surface area contributed by atoms with E-state index in [9.17, 15) is 13.2 Å². The van der Waals surface area contributed by atoms with Gasteiger partial charge in [0.25, 0.3) is 0 Å². The third-order valence-electron chi connectivity index (χ3n) is 2.48. The Morgan fingerprint density at radius 3 is 3.00 bits per heavy atom. The zero-order valence-corrected chi connectivity index (χ0v) is 9.90. The van der Waals surface area contributed by atoms with Crippen LogP contribution in [0.15, 0.2) is 5.38 Å². The summed E-state index contributed by atoms with van der Waals surface area (Å²) in [6, 6.07) is 0.252. The van der Waals surface area contributed by atoms with E-state index in [1.54, 1.807) is 0 Å². The van der Waals surface area contributed by atoms with E-state index >= 15 is 0 Å². The lowest BCUT2D eigenvalue weighted by Crippen LogP contribution is -2.16. The van der Waals surface area contributed by atoms with E-state index in [0.29, 0.717) is 5.01 Å². The number of nitrogens with zero attached hydrogens (tertiary/aromatic N) is 1. The molecule has 1 unspecified atom stereocenters. The van der Waals surface area contributed by atoms with Crippen LogP contribution < -0.4 is 5.32 Å². The van der Waals surface area contributed by atoms with Crippen molar-refractivity contribution in [3.63, 3.8) is 0 Å². The summed E-state index contributed by atoms with van der Waals surface area (Å²) >= 11 is 1.34. The molecule has 1 aromatic heterocycles. The minimum atomic E-state index is -4.27. The van der Waals surface area contributed by atoms with Gasteiger partial charge in [-0.3, -0.25) is 0 Å². The van der Waals surface area contributed by atoms with E-state index in [4.69, 9.17) is 0 Å². The number of ether oxygens (including phenoxy) is 1. The first-order valence-corrected chi connectivity index (χ1v) is 6.25. The number of nitrogens with one attached hydrogen (secondary N) is 1. The number of aromatic nitrogens is 1. The highest BCUT2D eigenvalue weighted by atomic mass is 32.1. The fourth-order valence-corrected chi connectivity index (χ4v) is 2.53. The van der Waals surface area contributed by atoms with Gasteiger partial charge in [0.1, 0.15) is 11.6 Å². The summed E-state index contributed by atoms with van der Waals surface area (Å²) in [7, 11) is 0. The van der Waals surface area contributed by atoms with Crippen molar-refractivity contribution >= 4 is 11.3 Å². The summed E-state index contributed by atoms with van der Waals surface area (Å²) < 4.78 is 40.1. The third kappa shape index (κ3) is 3.93. The Balaban J connectivity index is 1.81. The quantitative estimate of drug-likeness (QED) is 0.909. The Labute approximate surface area is 101 Å². The molecule has 2 rings (SSSR count). The van der Waals surface area contributed by atoms with Gasteiger partial charge in [0, 0.05) is 5.38 Å². The summed E-state index contributed by atoms with van der Waals surface area (Å²) in [5, 5.41) is 5.77. The predicted molar refractivity (Wildman–Crippen MR) is 57.8 cm³/mol. The van der Waals surface area contributed by atoms with Crippen LogP contribution in [-0.2, 0) is 11.3 Å². The SMILES string of the molecule is FC(F)(F)COCc1nc(C2CCCN2)cs1. The van der Waals surface area contributed by atoms with Crippen LogP contribution >= 0.6 is 11.3 Å². The molecule has 1 saturated heterocycles. The van der Waals surface area contributed by atoms with Crippen molar-refractivity contribution in [3.05, 3.63) is 16.1 Å². The maximum absolute atomic E-state index is 11.9. The molecule has 1 N–H and O–H groups in total. The van der Waals surface area contributed by atoms with Gasteiger partial charge in [-0.25, -0.2) is 4.98 Å². The van der Waals surface area contributed by atoms with Crippen molar-refractivity contribution in [3.8, 4) is 0 Å². The second-order valence-corrected chi connectivity index (χ2v) is 4.87. The number of thiazole rings is 1. The van der Waals surface area contributed by atoms with E-state index < -0.39 is 12.8 Å². The maximum Gasteiger partial charge on any atom is 0.411 e. The van der Waals surface area contributed by atoms with Crippen molar-refractivity contribution in [2.75, 3.05) is 13.2 Å². The highest BCUT2D eigenvalue weighted by molar-refractivity contribution is 7.09. The van der Waals surface area contributed by atoms with E-state index in [1.807, 2.05) is 5.38 Å². The molecule has 0 amide bonds. The van der Waals surface area contributed by atoms with Gasteiger partial charge in [-0.2, -0.15) is 13.2 Å². The fraction of sp³-hybridized carbons (Fsp3) is 0.700. The summed E-state index contributed by atoms with van der Waals surface area (Å²) in [5.41, 5.74) is 0.915. The normalized spacial score (nSPS) is 21.0. The lowest BCUT2D eigenvalue weighted by molar-refractivity contribution is -0.176. The van der Waals surface area contributed by atoms with Crippen molar-refractivity contribution in [1.29, 1.82) is 0 Å². The molecular weight excluding hydrogens is 253 g/mol. The van der Waals surface area contributed by atoms with Crippen LogP contribution in [-0.4, -0.2) is 24.3 Å². The number of halogens is 3. The first-order valence-electron chi connectivity index (χ1n) is 5.37. The van der Waals surface area contributed by atoms with Crippen molar-refractivity contribution < 1.29 is 17.9 Å². The van der Waals surface area contributed by atoms with Crippen LogP contribution in [0, 0.1) is 0 Å². The predicted octanol–water partition coefficient (Wildman–Crippen LogP) is 2.65. The summed E-state index contributed by atoms with van der Waals surface area (Å²) in [4.78, 5) is 4.28. The molecule has 0 bridgehead atoms. The molecule has 1 aliphatic heterocycles. The maximum atomic E-state index is 11.9. The Kier molecular flexibility index (Phi) is 4.01. The summed E-state index contributed by atoms with van der Waals surface area (Å²) in [6.07, 6.45) is -2.12. The van der Waals surface area contributed by atoms with Gasteiger partial charge in [0.05, 0.1) is 18.3 Å². The zero-order valence-electron chi connectivity index (χ0n) is 9.09. The van der Waals surface area contributed by atoms with E-state index in [2.05, 4.69) is 15.0 Å². The first-order chi connectivity index (χ1) is 8.04. The average Bonchev–Trinajstić information content (AvgIpc) is 2.83. The van der Waals surface area contributed by atoms with Gasteiger partial charge in [-0.15, -0.1) is 11.3 Å². The van der Waals surface area contributed by atoms with Gasteiger partial charge < -0.3 is 10.1 Å². The lowest BCUT2D eigenvalue weighted by Gasteiger charge is -2.06. The Hall–Kier alpha value is -0.660. The highest BCUT2D eigenvalue weighted by Gasteiger charge is 2.27. The van der Waals surface area contributed by atoms with Crippen LogP contribution in [0.1, 0.15) is 29.6 Å². The van der Waals surface area contributed by atoms with Crippen LogP contribution in [0.3, 0.4) is 0 Å². The van der Waals surface area contributed by atoms with Gasteiger partial charge in [0.15, 0.2) is 0 Å². The number of alkyl halides is 3.